The molecule has 2 amide bonds. The van der Waals surface area contributed by atoms with Gasteiger partial charge in [-0.2, -0.15) is 4.98 Å². The maximum atomic E-state index is 13.0. The Morgan fingerprint density at radius 1 is 1.02 bits per heavy atom. The first-order chi connectivity index (χ1) is 20.7. The number of benzene rings is 1. The number of hydrogen-bond donors (Lipinski definition) is 1. The van der Waals surface area contributed by atoms with Crippen molar-refractivity contribution in [2.45, 2.75) is 38.5 Å². The number of urea groups is 1. The Labute approximate surface area is 248 Å². The molecular weight excluding hydrogens is 563 g/mol. The lowest BCUT2D eigenvalue weighted by Crippen LogP contribution is -2.53. The number of piperazine rings is 1. The van der Waals surface area contributed by atoms with E-state index < -0.39 is 6.36 Å². The molecule has 230 valence electrons. The second-order valence-electron chi connectivity index (χ2n) is 11.9. The lowest BCUT2D eigenvalue weighted by Gasteiger charge is -2.35. The summed E-state index contributed by atoms with van der Waals surface area (Å²) in [6, 6.07) is 11.7. The van der Waals surface area contributed by atoms with Crippen LogP contribution in [0, 0.1) is 11.3 Å². The number of alkyl halides is 3. The van der Waals surface area contributed by atoms with E-state index in [-0.39, 0.29) is 23.0 Å². The fraction of sp³-hybridized carbons (Fsp3) is 0.533. The Balaban J connectivity index is 0.916. The first-order valence-electron chi connectivity index (χ1n) is 14.8. The zero-order valence-electron chi connectivity index (χ0n) is 23.9. The van der Waals surface area contributed by atoms with Crippen LogP contribution in [0.4, 0.5) is 24.0 Å². The molecule has 43 heavy (non-hydrogen) atoms. The first-order valence-corrected chi connectivity index (χ1v) is 14.8. The van der Waals surface area contributed by atoms with E-state index >= 15 is 0 Å². The Morgan fingerprint density at radius 2 is 1.77 bits per heavy atom. The molecule has 6 rings (SSSR count). The minimum absolute atomic E-state index is 0.0487. The number of likely N-dealkylation sites (tertiary alicyclic amines) is 1. The number of nitrogens with zero attached hydrogens (tertiary/aromatic N) is 6. The van der Waals surface area contributed by atoms with Crippen molar-refractivity contribution >= 4 is 12.0 Å². The monoisotopic (exact) mass is 599 g/mol. The summed E-state index contributed by atoms with van der Waals surface area (Å²) in [4.78, 5) is 28.1. The van der Waals surface area contributed by atoms with Crippen molar-refractivity contribution in [2.24, 2.45) is 11.3 Å². The molecule has 1 N–H and O–H groups in total. The number of piperidine rings is 1. The summed E-state index contributed by atoms with van der Waals surface area (Å²) < 4.78 is 46.5. The van der Waals surface area contributed by atoms with Gasteiger partial charge < -0.3 is 29.3 Å². The molecule has 1 aliphatic carbocycles. The number of rotatable bonds is 9. The minimum atomic E-state index is -4.75. The number of ether oxygens (including phenoxy) is 1. The standard InChI is InChI=1S/C30H36F3N7O3/c31-30(32,33)42-25-6-4-23(5-7-25)26-36-28(43-37-26)40-17-15-39(16-18-40)27(41)35-20-29(10-11-29)21-38-13-8-22(9-14-38)19-24-3-1-2-12-34-24/h1-7,12,22H,8-11,13-21H2,(H,35,41). The number of hydrogen-bond acceptors (Lipinski definition) is 8. The third-order valence-corrected chi connectivity index (χ3v) is 8.66. The summed E-state index contributed by atoms with van der Waals surface area (Å²) in [7, 11) is 0. The van der Waals surface area contributed by atoms with Crippen molar-refractivity contribution < 1.29 is 27.2 Å². The van der Waals surface area contributed by atoms with Crippen molar-refractivity contribution in [3.8, 4) is 17.1 Å². The average molecular weight is 600 g/mol. The Bertz CT molecular complexity index is 1350. The summed E-state index contributed by atoms with van der Waals surface area (Å²) in [5, 5.41) is 7.15. The minimum Gasteiger partial charge on any atom is -0.406 e. The van der Waals surface area contributed by atoms with Gasteiger partial charge in [-0.1, -0.05) is 11.2 Å². The van der Waals surface area contributed by atoms with Gasteiger partial charge in [0.15, 0.2) is 0 Å². The molecule has 0 spiro atoms. The zero-order chi connectivity index (χ0) is 29.9. The van der Waals surface area contributed by atoms with Gasteiger partial charge in [0.25, 0.3) is 0 Å². The molecular formula is C30H36F3N7O3. The van der Waals surface area contributed by atoms with Crippen LogP contribution in [0.3, 0.4) is 0 Å². The molecule has 3 aliphatic rings. The van der Waals surface area contributed by atoms with Crippen LogP contribution in [-0.2, 0) is 6.42 Å². The van der Waals surface area contributed by atoms with Crippen LogP contribution in [0.15, 0.2) is 53.2 Å². The van der Waals surface area contributed by atoms with Crippen LogP contribution in [0.25, 0.3) is 11.4 Å². The van der Waals surface area contributed by atoms with Crippen LogP contribution in [0.5, 0.6) is 5.75 Å². The number of nitrogens with one attached hydrogen (secondary N) is 1. The highest BCUT2D eigenvalue weighted by atomic mass is 19.4. The fourth-order valence-corrected chi connectivity index (χ4v) is 5.95. The normalized spacial score (nSPS) is 19.3. The molecule has 0 unspecified atom stereocenters. The molecule has 2 aliphatic heterocycles. The molecule has 0 atom stereocenters. The highest BCUT2D eigenvalue weighted by Gasteiger charge is 2.44. The number of aromatic nitrogens is 3. The molecule has 3 aromatic rings. The second-order valence-corrected chi connectivity index (χ2v) is 11.9. The van der Waals surface area contributed by atoms with Crippen molar-refractivity contribution in [3.05, 3.63) is 54.4 Å². The Morgan fingerprint density at radius 3 is 2.42 bits per heavy atom. The molecule has 1 aromatic carbocycles. The summed E-state index contributed by atoms with van der Waals surface area (Å²) in [6.07, 6.45) is 2.83. The number of carbonyl (C=O) groups is 1. The van der Waals surface area contributed by atoms with Crippen molar-refractivity contribution in [1.29, 1.82) is 0 Å². The van der Waals surface area contributed by atoms with Crippen molar-refractivity contribution in [1.82, 2.24) is 30.2 Å². The largest absolute Gasteiger partial charge is 0.573 e. The van der Waals surface area contributed by atoms with E-state index in [9.17, 15) is 18.0 Å². The molecule has 2 saturated heterocycles. The fourth-order valence-electron chi connectivity index (χ4n) is 5.95. The summed E-state index contributed by atoms with van der Waals surface area (Å²) >= 11 is 0. The molecule has 4 heterocycles. The molecule has 3 fully saturated rings. The SMILES string of the molecule is O=C(NCC1(CN2CCC(Cc3ccccn3)CC2)CC1)N1CCN(c2nc(-c3ccc(OC(F)(F)F)cc3)no2)CC1. The van der Waals surface area contributed by atoms with Crippen LogP contribution >= 0.6 is 0 Å². The highest BCUT2D eigenvalue weighted by Crippen LogP contribution is 2.46. The van der Waals surface area contributed by atoms with Gasteiger partial charge in [-0.3, -0.25) is 4.98 Å². The zero-order valence-corrected chi connectivity index (χ0v) is 23.9. The maximum Gasteiger partial charge on any atom is 0.573 e. The Kier molecular flexibility index (Phi) is 8.42. The Hall–Kier alpha value is -3.87. The van der Waals surface area contributed by atoms with Crippen molar-refractivity contribution in [2.75, 3.05) is 57.3 Å². The van der Waals surface area contributed by atoms with E-state index in [2.05, 4.69) is 42.2 Å². The lowest BCUT2D eigenvalue weighted by atomic mass is 9.91. The van der Waals surface area contributed by atoms with Gasteiger partial charge >= 0.3 is 18.4 Å². The molecule has 1 saturated carbocycles. The number of anilines is 1. The van der Waals surface area contributed by atoms with E-state index in [1.807, 2.05) is 22.1 Å². The molecule has 2 aromatic heterocycles. The van der Waals surface area contributed by atoms with Gasteiger partial charge in [-0.25, -0.2) is 4.79 Å². The molecule has 13 heteroatoms. The van der Waals surface area contributed by atoms with Gasteiger partial charge in [0.2, 0.25) is 5.82 Å². The van der Waals surface area contributed by atoms with E-state index in [1.54, 1.807) is 0 Å². The second kappa shape index (κ2) is 12.4. The van der Waals surface area contributed by atoms with Gasteiger partial charge in [-0.05, 0) is 87.5 Å². The van der Waals surface area contributed by atoms with Crippen LogP contribution in [-0.4, -0.2) is 89.7 Å². The molecule has 10 nitrogen and oxygen atoms in total. The number of amides is 2. The summed E-state index contributed by atoms with van der Waals surface area (Å²) in [5.41, 5.74) is 1.87. The van der Waals surface area contributed by atoms with Gasteiger partial charge in [0.1, 0.15) is 5.75 Å². The maximum absolute atomic E-state index is 13.0. The molecule has 0 bridgehead atoms. The predicted octanol–water partition coefficient (Wildman–Crippen LogP) is 4.60. The smallest absolute Gasteiger partial charge is 0.406 e. The number of carbonyl (C=O) groups excluding carboxylic acids is 1. The molecule has 0 radical (unpaired) electrons. The van der Waals surface area contributed by atoms with E-state index in [0.717, 1.165) is 38.9 Å². The quantitative estimate of drug-likeness (QED) is 0.381. The average Bonchev–Trinajstić information content (AvgIpc) is 3.59. The van der Waals surface area contributed by atoms with Gasteiger partial charge in [0, 0.05) is 62.1 Å². The van der Waals surface area contributed by atoms with Crippen LogP contribution in [0.1, 0.15) is 31.4 Å². The number of halogens is 3. The third-order valence-electron chi connectivity index (χ3n) is 8.66. The third kappa shape index (κ3) is 7.75. The first kappa shape index (κ1) is 29.2. The van der Waals surface area contributed by atoms with Crippen LogP contribution < -0.4 is 15.0 Å². The lowest BCUT2D eigenvalue weighted by molar-refractivity contribution is -0.274. The van der Waals surface area contributed by atoms with Gasteiger partial charge in [-0.15, -0.1) is 13.2 Å². The summed E-state index contributed by atoms with van der Waals surface area (Å²) in [6.45, 7) is 6.04. The van der Waals surface area contributed by atoms with Crippen molar-refractivity contribution in [3.63, 3.8) is 0 Å². The van der Waals surface area contributed by atoms with E-state index in [4.69, 9.17) is 4.52 Å². The topological polar surface area (TPSA) is 99.9 Å². The van der Waals surface area contributed by atoms with Crippen LogP contribution in [0.2, 0.25) is 0 Å². The number of pyridine rings is 1. The van der Waals surface area contributed by atoms with Gasteiger partial charge in [0.05, 0.1) is 0 Å². The van der Waals surface area contributed by atoms with E-state index in [1.165, 1.54) is 42.8 Å². The summed E-state index contributed by atoms with van der Waals surface area (Å²) in [5.74, 6) is 0.631. The predicted molar refractivity (Wildman–Crippen MR) is 152 cm³/mol. The highest BCUT2D eigenvalue weighted by molar-refractivity contribution is 5.74. The van der Waals surface area contributed by atoms with E-state index in [0.29, 0.717) is 50.2 Å².